The van der Waals surface area contributed by atoms with Crippen LogP contribution in [0.3, 0.4) is 0 Å². The van der Waals surface area contributed by atoms with Gasteiger partial charge in [-0.05, 0) is 96.4 Å². The summed E-state index contributed by atoms with van der Waals surface area (Å²) >= 11 is 0. The van der Waals surface area contributed by atoms with Crippen molar-refractivity contribution in [2.24, 2.45) is 46.0 Å². The van der Waals surface area contributed by atoms with Crippen LogP contribution in [0.25, 0.3) is 0 Å². The van der Waals surface area contributed by atoms with Gasteiger partial charge in [-0.15, -0.1) is 0 Å². The molecule has 0 bridgehead atoms. The van der Waals surface area contributed by atoms with Crippen LogP contribution >= 0.6 is 0 Å². The van der Waals surface area contributed by atoms with Crippen LogP contribution in [0, 0.1) is 34.5 Å². The summed E-state index contributed by atoms with van der Waals surface area (Å²) in [5, 5.41) is 30.9. The summed E-state index contributed by atoms with van der Waals surface area (Å²) in [5.41, 5.74) is 7.78. The Labute approximate surface area is 403 Å². The van der Waals surface area contributed by atoms with Crippen molar-refractivity contribution in [3.8, 4) is 0 Å². The first-order chi connectivity index (χ1) is 30.8. The topological polar surface area (TPSA) is 325 Å². The number of hydrogen-bond donors (Lipinski definition) is 8. The zero-order chi connectivity index (χ0) is 53.4. The lowest BCUT2D eigenvalue weighted by Gasteiger charge is -2.37. The number of imide groups is 1. The summed E-state index contributed by atoms with van der Waals surface area (Å²) in [6.45, 7) is 25.7. The predicted octanol–water partition coefficient (Wildman–Crippen LogP) is 3.09. The number of amides is 6. The normalized spacial score (nSPS) is 15.9. The van der Waals surface area contributed by atoms with Crippen molar-refractivity contribution in [1.29, 1.82) is 0 Å². The molecule has 0 rings (SSSR count). The van der Waals surface area contributed by atoms with E-state index in [9.17, 15) is 53.4 Å². The van der Waals surface area contributed by atoms with E-state index in [-0.39, 0.29) is 13.0 Å². The number of unbranched alkanes of at least 4 members (excludes halogenated alkanes) is 1. The zero-order valence-corrected chi connectivity index (χ0v) is 43.6. The number of nitrogens with two attached hydrogens (primary N) is 2. The molecule has 68 heavy (non-hydrogen) atoms. The molecule has 21 nitrogen and oxygen atoms in total. The second-order valence-corrected chi connectivity index (χ2v) is 22.1. The Morgan fingerprint density at radius 3 is 1.47 bits per heavy atom. The van der Waals surface area contributed by atoms with Gasteiger partial charge in [0.25, 0.3) is 5.91 Å². The van der Waals surface area contributed by atoms with E-state index in [1.54, 1.807) is 76.2 Å². The maximum atomic E-state index is 14.7. The standard InChI is InChI=1S/C47H85N7O14/c1-25(2)33(38(58)53-34(26(3)4)39(59)54(43(65)68-47(14,15)16)32(42(64)66-17)23-28(41(62)63)45(8,9)10)52-36(56)30(22-27(40(60)61)44(5,6)7)50-37(57)31(24-67-46(11,12)13)51-35(55)29(49)20-18-19-21-48/h25-34H,18-24,48-49H2,1-17H3,(H,50,57)(H,51,55)(H,52,56)(H,53,58)(H,60,61)(H,62,63)/t27?,28?,29-,30-,31-,32-,33-,34-/m0/s1. The number of ether oxygens (including phenoxy) is 3. The first-order valence-corrected chi connectivity index (χ1v) is 23.2. The zero-order valence-electron chi connectivity index (χ0n) is 43.6. The first-order valence-electron chi connectivity index (χ1n) is 23.2. The van der Waals surface area contributed by atoms with E-state index in [0.29, 0.717) is 24.3 Å². The van der Waals surface area contributed by atoms with Crippen LogP contribution in [0.5, 0.6) is 0 Å². The fraction of sp³-hybridized carbons (Fsp3) is 0.809. The van der Waals surface area contributed by atoms with Gasteiger partial charge in [0.05, 0.1) is 37.2 Å². The summed E-state index contributed by atoms with van der Waals surface area (Å²) in [7, 11) is 1.00. The Morgan fingerprint density at radius 1 is 0.603 bits per heavy atom. The van der Waals surface area contributed by atoms with Crippen LogP contribution < -0.4 is 32.7 Å². The third-order valence-corrected chi connectivity index (χ3v) is 11.0. The van der Waals surface area contributed by atoms with E-state index in [4.69, 9.17) is 25.7 Å². The molecule has 10 N–H and O–H groups in total. The lowest BCUT2D eigenvalue weighted by atomic mass is 9.77. The summed E-state index contributed by atoms with van der Waals surface area (Å²) in [6, 6.07) is -8.94. The summed E-state index contributed by atoms with van der Waals surface area (Å²) in [6.07, 6.45) is -0.933. The van der Waals surface area contributed by atoms with Crippen LogP contribution in [0.15, 0.2) is 0 Å². The fourth-order valence-corrected chi connectivity index (χ4v) is 6.87. The second-order valence-electron chi connectivity index (χ2n) is 22.1. The largest absolute Gasteiger partial charge is 0.481 e. The number of carboxylic acids is 2. The highest BCUT2D eigenvalue weighted by molar-refractivity contribution is 6.02. The number of esters is 1. The number of aliphatic carboxylic acids is 2. The highest BCUT2D eigenvalue weighted by Crippen LogP contribution is 2.33. The minimum Gasteiger partial charge on any atom is -0.481 e. The van der Waals surface area contributed by atoms with Gasteiger partial charge in [0.15, 0.2) is 0 Å². The molecular weight excluding hydrogens is 887 g/mol. The van der Waals surface area contributed by atoms with Gasteiger partial charge in [-0.2, -0.15) is 0 Å². The van der Waals surface area contributed by atoms with E-state index in [1.165, 1.54) is 34.6 Å². The van der Waals surface area contributed by atoms with Crippen molar-refractivity contribution < 1.29 is 67.6 Å². The van der Waals surface area contributed by atoms with Gasteiger partial charge >= 0.3 is 24.0 Å². The lowest BCUT2D eigenvalue weighted by molar-refractivity contribution is -0.157. The molecule has 21 heteroatoms. The van der Waals surface area contributed by atoms with E-state index >= 15 is 0 Å². The number of nitrogens with one attached hydrogen (secondary N) is 4. The minimum absolute atomic E-state index is 0.267. The molecule has 0 aliphatic carbocycles. The van der Waals surface area contributed by atoms with Crippen molar-refractivity contribution >= 4 is 53.5 Å². The number of carboxylic acid groups (broad SMARTS) is 2. The SMILES string of the molecule is COC(=O)[C@H](CC(C(=O)O)C(C)(C)C)N(C(=O)OC(C)(C)C)C(=O)[C@@H](NC(=O)[C@@H](NC(=O)[C@H](CC(C(=O)O)C(C)(C)C)NC(=O)[C@H](COC(C)(C)C)NC(=O)[C@@H](N)CCCCN)C(C)C)C(C)C. The van der Waals surface area contributed by atoms with Gasteiger partial charge in [0, 0.05) is 0 Å². The van der Waals surface area contributed by atoms with E-state index in [1.807, 2.05) is 0 Å². The second kappa shape index (κ2) is 26.8. The van der Waals surface area contributed by atoms with Gasteiger partial charge < -0.3 is 57.2 Å². The molecule has 8 atom stereocenters. The molecule has 6 amide bonds. The summed E-state index contributed by atoms with van der Waals surface area (Å²) in [4.78, 5) is 124. The third-order valence-electron chi connectivity index (χ3n) is 11.0. The highest BCUT2D eigenvalue weighted by atomic mass is 16.6. The van der Waals surface area contributed by atoms with Gasteiger partial charge in [0.1, 0.15) is 35.8 Å². The monoisotopic (exact) mass is 972 g/mol. The minimum atomic E-state index is -1.83. The van der Waals surface area contributed by atoms with Gasteiger partial charge in [-0.25, -0.2) is 14.5 Å². The Balaban J connectivity index is 7.36. The molecule has 0 heterocycles. The molecule has 0 aromatic heterocycles. The predicted molar refractivity (Wildman–Crippen MR) is 253 cm³/mol. The molecule has 0 fully saturated rings. The Kier molecular flexibility index (Phi) is 24.8. The Hall–Kier alpha value is -4.89. The maximum absolute atomic E-state index is 14.7. The van der Waals surface area contributed by atoms with Gasteiger partial charge in [-0.3, -0.25) is 33.6 Å². The summed E-state index contributed by atoms with van der Waals surface area (Å²) < 4.78 is 16.4. The van der Waals surface area contributed by atoms with E-state index in [0.717, 1.165) is 7.11 Å². The highest BCUT2D eigenvalue weighted by Gasteiger charge is 2.47. The average molecular weight is 972 g/mol. The fourth-order valence-electron chi connectivity index (χ4n) is 6.87. The number of carbonyl (C=O) groups excluding carboxylic acids is 7. The van der Waals surface area contributed by atoms with Crippen molar-refractivity contribution in [3.05, 3.63) is 0 Å². The third kappa shape index (κ3) is 21.6. The molecular formula is C47H85N7O14. The van der Waals surface area contributed by atoms with Crippen LogP contribution in [0.2, 0.25) is 0 Å². The number of methoxy groups -OCH3 is 1. The molecule has 0 aliphatic rings. The van der Waals surface area contributed by atoms with E-state index in [2.05, 4.69) is 21.3 Å². The van der Waals surface area contributed by atoms with Crippen molar-refractivity contribution in [3.63, 3.8) is 0 Å². The number of carbonyl (C=O) groups is 9. The maximum Gasteiger partial charge on any atom is 0.417 e. The first kappa shape index (κ1) is 63.1. The molecule has 0 saturated carbocycles. The van der Waals surface area contributed by atoms with Gasteiger partial charge in [-0.1, -0.05) is 75.7 Å². The van der Waals surface area contributed by atoms with Crippen molar-refractivity contribution in [2.75, 3.05) is 20.3 Å². The Bertz CT molecular complexity index is 1740. The number of nitrogens with zero attached hydrogens (tertiary/aromatic N) is 1. The molecule has 0 aromatic rings. The molecule has 2 unspecified atom stereocenters. The van der Waals surface area contributed by atoms with Crippen LogP contribution in [0.4, 0.5) is 4.79 Å². The van der Waals surface area contributed by atoms with E-state index < -0.39 is 148 Å². The Morgan fingerprint density at radius 2 is 1.06 bits per heavy atom. The number of hydrogen-bond acceptors (Lipinski definition) is 14. The lowest BCUT2D eigenvalue weighted by Crippen LogP contribution is -2.63. The van der Waals surface area contributed by atoms with Crippen LogP contribution in [0.1, 0.15) is 143 Å². The molecule has 0 aromatic carbocycles. The smallest absolute Gasteiger partial charge is 0.417 e. The summed E-state index contributed by atoms with van der Waals surface area (Å²) in [5.74, 6) is -12.4. The molecule has 0 radical (unpaired) electrons. The molecule has 0 aliphatic heterocycles. The quantitative estimate of drug-likeness (QED) is 0.0481. The molecule has 0 spiro atoms. The van der Waals surface area contributed by atoms with Crippen LogP contribution in [-0.4, -0.2) is 136 Å². The van der Waals surface area contributed by atoms with Crippen molar-refractivity contribution in [1.82, 2.24) is 26.2 Å². The molecule has 0 saturated heterocycles. The average Bonchev–Trinajstić information content (AvgIpc) is 3.16. The number of rotatable bonds is 25. The van der Waals surface area contributed by atoms with Crippen LogP contribution in [-0.2, 0) is 52.6 Å². The van der Waals surface area contributed by atoms with Crippen molar-refractivity contribution in [2.45, 2.75) is 190 Å². The van der Waals surface area contributed by atoms with Gasteiger partial charge in [0.2, 0.25) is 23.6 Å². The molecule has 392 valence electrons.